The number of para-hydroxylation sites is 3. The van der Waals surface area contributed by atoms with E-state index in [-0.39, 0.29) is 12.5 Å². The van der Waals surface area contributed by atoms with Gasteiger partial charge in [-0.25, -0.2) is 4.98 Å². The molecule has 1 aliphatic rings. The molecule has 0 spiro atoms. The molecule has 8 nitrogen and oxygen atoms in total. The van der Waals surface area contributed by atoms with Crippen LogP contribution in [-0.4, -0.2) is 53.3 Å². The van der Waals surface area contributed by atoms with Gasteiger partial charge >= 0.3 is 5.97 Å². The maximum atomic E-state index is 13.8. The first-order chi connectivity index (χ1) is 16.2. The number of aromatic nitrogens is 3. The van der Waals surface area contributed by atoms with Gasteiger partial charge in [0.2, 0.25) is 11.9 Å². The molecule has 1 amide bonds. The Morgan fingerprint density at radius 1 is 1.15 bits per heavy atom. The molecule has 0 fully saturated rings. The van der Waals surface area contributed by atoms with Gasteiger partial charge in [-0.15, -0.1) is 0 Å². The van der Waals surface area contributed by atoms with Gasteiger partial charge in [-0.1, -0.05) is 30.3 Å². The van der Waals surface area contributed by atoms with Gasteiger partial charge in [0.05, 0.1) is 23.7 Å². The highest BCUT2D eigenvalue weighted by atomic mass is 16.5. The second-order valence-corrected chi connectivity index (χ2v) is 8.07. The number of esters is 1. The third-order valence-corrected chi connectivity index (χ3v) is 6.16. The Labute approximate surface area is 191 Å². The average molecular weight is 447 g/mol. The van der Waals surface area contributed by atoms with Crippen LogP contribution in [0.5, 0.6) is 0 Å². The number of nitrogens with one attached hydrogen (secondary N) is 1. The third-order valence-electron chi connectivity index (χ3n) is 6.16. The molecule has 5 rings (SSSR count). The van der Waals surface area contributed by atoms with Crippen LogP contribution in [0.3, 0.4) is 0 Å². The van der Waals surface area contributed by atoms with E-state index >= 15 is 0 Å². The first-order valence-electron chi connectivity index (χ1n) is 11.2. The van der Waals surface area contributed by atoms with E-state index in [0.29, 0.717) is 25.5 Å². The van der Waals surface area contributed by atoms with E-state index < -0.39 is 17.9 Å². The quantitative estimate of drug-likeness (QED) is 0.266. The molecule has 1 N–H and O–H groups in total. The number of anilines is 1. The van der Waals surface area contributed by atoms with Crippen molar-refractivity contribution < 1.29 is 19.1 Å². The minimum Gasteiger partial charge on any atom is -0.465 e. The van der Waals surface area contributed by atoms with Gasteiger partial charge in [-0.3, -0.25) is 14.5 Å². The molecule has 2 aromatic heterocycles. The lowest BCUT2D eigenvalue weighted by Gasteiger charge is -2.37. The zero-order valence-corrected chi connectivity index (χ0v) is 18.7. The van der Waals surface area contributed by atoms with Crippen molar-refractivity contribution in [1.29, 1.82) is 0 Å². The van der Waals surface area contributed by atoms with Crippen molar-refractivity contribution in [3.05, 3.63) is 60.3 Å². The number of benzene rings is 2. The van der Waals surface area contributed by atoms with Crippen molar-refractivity contribution in [2.24, 2.45) is 5.92 Å². The Balaban J connectivity index is 1.76. The van der Waals surface area contributed by atoms with Crippen molar-refractivity contribution >= 4 is 39.8 Å². The van der Waals surface area contributed by atoms with Gasteiger partial charge < -0.3 is 19.0 Å². The molecule has 0 aliphatic carbocycles. The maximum Gasteiger partial charge on any atom is 0.321 e. The van der Waals surface area contributed by atoms with Crippen molar-refractivity contribution in [1.82, 2.24) is 14.5 Å². The fraction of sp³-hybridized carbons (Fsp3) is 0.320. The smallest absolute Gasteiger partial charge is 0.321 e. The van der Waals surface area contributed by atoms with Crippen LogP contribution in [0, 0.1) is 5.92 Å². The van der Waals surface area contributed by atoms with Gasteiger partial charge in [0, 0.05) is 42.9 Å². The molecule has 2 aromatic carbocycles. The Kier molecular flexibility index (Phi) is 5.60. The molecule has 0 radical (unpaired) electrons. The number of hydrogen-bond donors (Lipinski definition) is 1. The molecular formula is C25H26N4O4. The number of fused-ring (bicyclic) bond motifs is 4. The number of imidazole rings is 1. The Bertz CT molecular complexity index is 1320. The summed E-state index contributed by atoms with van der Waals surface area (Å²) in [6, 6.07) is 15.0. The van der Waals surface area contributed by atoms with Crippen LogP contribution in [0.15, 0.2) is 54.7 Å². The number of nitrogens with zero attached hydrogens (tertiary/aromatic N) is 3. The van der Waals surface area contributed by atoms with E-state index in [2.05, 4.69) is 4.98 Å². The number of carbonyl (C=O) groups excluding carboxylic acids is 2. The number of ether oxygens (including phenoxy) is 2. The fourth-order valence-electron chi connectivity index (χ4n) is 4.74. The largest absolute Gasteiger partial charge is 0.465 e. The Morgan fingerprint density at radius 3 is 2.76 bits per heavy atom. The first-order valence-corrected chi connectivity index (χ1v) is 11.2. The number of amides is 1. The number of carbonyl (C=O) groups is 2. The Morgan fingerprint density at radius 2 is 1.94 bits per heavy atom. The molecule has 33 heavy (non-hydrogen) atoms. The second kappa shape index (κ2) is 8.71. The molecule has 0 saturated carbocycles. The van der Waals surface area contributed by atoms with Crippen molar-refractivity contribution in [2.75, 3.05) is 31.8 Å². The number of H-pyrrole nitrogens is 1. The zero-order chi connectivity index (χ0) is 22.9. The normalized spacial score (nSPS) is 18.1. The summed E-state index contributed by atoms with van der Waals surface area (Å²) in [5, 5.41) is 0.959. The summed E-state index contributed by atoms with van der Waals surface area (Å²) in [5.74, 6) is -1.33. The maximum absolute atomic E-state index is 13.8. The first kappa shape index (κ1) is 21.2. The number of rotatable bonds is 7. The molecule has 0 unspecified atom stereocenters. The summed E-state index contributed by atoms with van der Waals surface area (Å²) < 4.78 is 12.6. The van der Waals surface area contributed by atoms with Crippen LogP contribution >= 0.6 is 0 Å². The molecule has 0 saturated heterocycles. The van der Waals surface area contributed by atoms with Gasteiger partial charge in [-0.2, -0.15) is 0 Å². The fourth-order valence-corrected chi connectivity index (χ4v) is 4.74. The van der Waals surface area contributed by atoms with Crippen LogP contribution in [0.4, 0.5) is 5.95 Å². The van der Waals surface area contributed by atoms with Gasteiger partial charge in [0.25, 0.3) is 0 Å². The van der Waals surface area contributed by atoms with Gasteiger partial charge in [0.15, 0.2) is 5.92 Å². The standard InChI is InChI=1S/C25H26N4O4/c1-3-33-24(31)21-22(17-15-26-18-10-5-4-9-16(17)18)29-20-12-7-6-11-19(20)27-25(29)28(23(21)30)13-8-14-32-2/h4-7,9-12,15,21-22,26H,3,8,13-14H2,1-2H3/t21-,22+/m0/s1. The number of hydrogen-bond acceptors (Lipinski definition) is 5. The third kappa shape index (κ3) is 3.47. The van der Waals surface area contributed by atoms with E-state index in [1.807, 2.05) is 59.3 Å². The SMILES string of the molecule is CCOC(=O)[C@@H]1C(=O)N(CCCOC)c2nc3ccccc3n2[C@@H]1c1c[nH]c2ccccc12. The number of methoxy groups -OCH3 is 1. The molecule has 3 heterocycles. The lowest BCUT2D eigenvalue weighted by atomic mass is 9.89. The summed E-state index contributed by atoms with van der Waals surface area (Å²) >= 11 is 0. The predicted octanol–water partition coefficient (Wildman–Crippen LogP) is 3.67. The zero-order valence-electron chi connectivity index (χ0n) is 18.7. The van der Waals surface area contributed by atoms with Gasteiger partial charge in [0.1, 0.15) is 0 Å². The van der Waals surface area contributed by atoms with Crippen LogP contribution in [0.1, 0.15) is 24.9 Å². The van der Waals surface area contributed by atoms with Crippen LogP contribution < -0.4 is 4.90 Å². The van der Waals surface area contributed by atoms with Crippen LogP contribution in [0.2, 0.25) is 0 Å². The minimum atomic E-state index is -1.03. The van der Waals surface area contributed by atoms with Crippen molar-refractivity contribution in [3.8, 4) is 0 Å². The van der Waals surface area contributed by atoms with Crippen molar-refractivity contribution in [2.45, 2.75) is 19.4 Å². The van der Waals surface area contributed by atoms with E-state index in [4.69, 9.17) is 14.5 Å². The highest BCUT2D eigenvalue weighted by Crippen LogP contribution is 2.43. The summed E-state index contributed by atoms with van der Waals surface area (Å²) in [4.78, 5) is 36.8. The highest BCUT2D eigenvalue weighted by Gasteiger charge is 2.48. The summed E-state index contributed by atoms with van der Waals surface area (Å²) in [5.41, 5.74) is 3.43. The second-order valence-electron chi connectivity index (χ2n) is 8.07. The van der Waals surface area contributed by atoms with E-state index in [1.165, 1.54) is 0 Å². The lowest BCUT2D eigenvalue weighted by molar-refractivity contribution is -0.153. The predicted molar refractivity (Wildman–Crippen MR) is 125 cm³/mol. The molecule has 170 valence electrons. The lowest BCUT2D eigenvalue weighted by Crippen LogP contribution is -2.50. The topological polar surface area (TPSA) is 89.4 Å². The van der Waals surface area contributed by atoms with E-state index in [0.717, 1.165) is 27.5 Å². The summed E-state index contributed by atoms with van der Waals surface area (Å²) in [6.07, 6.45) is 2.51. The minimum absolute atomic E-state index is 0.199. The molecule has 4 aromatic rings. The summed E-state index contributed by atoms with van der Waals surface area (Å²) in [6.45, 7) is 2.84. The molecular weight excluding hydrogens is 420 g/mol. The van der Waals surface area contributed by atoms with E-state index in [1.54, 1.807) is 18.9 Å². The molecule has 2 atom stereocenters. The molecule has 1 aliphatic heterocycles. The molecule has 0 bridgehead atoms. The monoisotopic (exact) mass is 446 g/mol. The van der Waals surface area contributed by atoms with Crippen LogP contribution in [0.25, 0.3) is 21.9 Å². The molecule has 8 heteroatoms. The van der Waals surface area contributed by atoms with Gasteiger partial charge in [-0.05, 0) is 31.5 Å². The van der Waals surface area contributed by atoms with E-state index in [9.17, 15) is 9.59 Å². The highest BCUT2D eigenvalue weighted by molar-refractivity contribution is 6.09. The average Bonchev–Trinajstić information content (AvgIpc) is 3.42. The van der Waals surface area contributed by atoms with Crippen LogP contribution in [-0.2, 0) is 19.1 Å². The van der Waals surface area contributed by atoms with Crippen molar-refractivity contribution in [3.63, 3.8) is 0 Å². The summed E-state index contributed by atoms with van der Waals surface area (Å²) in [7, 11) is 1.63. The number of aromatic amines is 1. The Hall–Kier alpha value is -3.65.